The summed E-state index contributed by atoms with van der Waals surface area (Å²) in [5, 5.41) is 4.29. The van der Waals surface area contributed by atoms with Gasteiger partial charge in [-0.1, -0.05) is 23.2 Å². The Bertz CT molecular complexity index is 485. The molecule has 0 aliphatic heterocycles. The molecule has 0 aliphatic carbocycles. The lowest BCUT2D eigenvalue weighted by molar-refractivity contribution is 0.620. The van der Waals surface area contributed by atoms with Gasteiger partial charge >= 0.3 is 0 Å². The standard InChI is InChI=1S/C12H14Cl2N4/c13-10-7-11(14)12(17-8-10)16-3-1-2-5-18-6-4-15-9-18/h4,6-9H,1-3,5H2,(H,16,17). The summed E-state index contributed by atoms with van der Waals surface area (Å²) in [5.74, 6) is 0.684. The summed E-state index contributed by atoms with van der Waals surface area (Å²) < 4.78 is 2.06. The zero-order valence-electron chi connectivity index (χ0n) is 9.81. The molecule has 2 rings (SSSR count). The maximum atomic E-state index is 6.00. The van der Waals surface area contributed by atoms with Crippen molar-refractivity contribution in [1.82, 2.24) is 14.5 Å². The molecule has 0 radical (unpaired) electrons. The van der Waals surface area contributed by atoms with Crippen molar-refractivity contribution in [1.29, 1.82) is 0 Å². The quantitative estimate of drug-likeness (QED) is 0.826. The number of anilines is 1. The number of halogens is 2. The second-order valence-corrected chi connectivity index (χ2v) is 4.76. The first-order chi connectivity index (χ1) is 8.75. The van der Waals surface area contributed by atoms with Crippen LogP contribution in [0.25, 0.3) is 0 Å². The predicted molar refractivity (Wildman–Crippen MR) is 74.2 cm³/mol. The van der Waals surface area contributed by atoms with E-state index in [2.05, 4.69) is 19.9 Å². The molecule has 1 N–H and O–H groups in total. The van der Waals surface area contributed by atoms with Crippen LogP contribution >= 0.6 is 23.2 Å². The second kappa shape index (κ2) is 6.61. The van der Waals surface area contributed by atoms with Crippen molar-refractivity contribution < 1.29 is 0 Å². The highest BCUT2D eigenvalue weighted by Crippen LogP contribution is 2.22. The lowest BCUT2D eigenvalue weighted by Crippen LogP contribution is -2.05. The summed E-state index contributed by atoms with van der Waals surface area (Å²) in [6.45, 7) is 1.81. The van der Waals surface area contributed by atoms with Gasteiger partial charge in [-0.25, -0.2) is 9.97 Å². The van der Waals surface area contributed by atoms with Gasteiger partial charge in [-0.3, -0.25) is 0 Å². The van der Waals surface area contributed by atoms with Gasteiger partial charge < -0.3 is 9.88 Å². The fourth-order valence-electron chi connectivity index (χ4n) is 1.59. The van der Waals surface area contributed by atoms with E-state index >= 15 is 0 Å². The van der Waals surface area contributed by atoms with Crippen LogP contribution in [0.15, 0.2) is 31.0 Å². The van der Waals surface area contributed by atoms with Crippen LogP contribution in [0, 0.1) is 0 Å². The molecule has 2 aromatic rings. The first-order valence-corrected chi connectivity index (χ1v) is 6.52. The SMILES string of the molecule is Clc1cnc(NCCCCn2ccnc2)c(Cl)c1. The summed E-state index contributed by atoms with van der Waals surface area (Å²) in [6.07, 6.45) is 9.28. The van der Waals surface area contributed by atoms with Crippen molar-refractivity contribution in [2.45, 2.75) is 19.4 Å². The fraction of sp³-hybridized carbons (Fsp3) is 0.333. The summed E-state index contributed by atoms with van der Waals surface area (Å²) in [4.78, 5) is 8.13. The number of rotatable bonds is 6. The van der Waals surface area contributed by atoms with Crippen molar-refractivity contribution in [3.8, 4) is 0 Å². The molecule has 96 valence electrons. The number of nitrogens with zero attached hydrogens (tertiary/aromatic N) is 3. The van der Waals surface area contributed by atoms with Crippen molar-refractivity contribution in [2.24, 2.45) is 0 Å². The van der Waals surface area contributed by atoms with Gasteiger partial charge in [0.1, 0.15) is 5.82 Å². The van der Waals surface area contributed by atoms with Gasteiger partial charge in [0.15, 0.2) is 0 Å². The molecule has 0 aromatic carbocycles. The van der Waals surface area contributed by atoms with Crippen LogP contribution in [-0.4, -0.2) is 21.1 Å². The Hall–Kier alpha value is -1.26. The number of nitrogens with one attached hydrogen (secondary N) is 1. The van der Waals surface area contributed by atoms with Gasteiger partial charge in [0.05, 0.1) is 16.4 Å². The van der Waals surface area contributed by atoms with Gasteiger partial charge in [-0.15, -0.1) is 0 Å². The van der Waals surface area contributed by atoms with Crippen LogP contribution in [0.1, 0.15) is 12.8 Å². The number of aromatic nitrogens is 3. The maximum absolute atomic E-state index is 6.00. The largest absolute Gasteiger partial charge is 0.369 e. The van der Waals surface area contributed by atoms with E-state index in [-0.39, 0.29) is 0 Å². The third-order valence-corrected chi connectivity index (χ3v) is 3.00. The molecule has 4 nitrogen and oxygen atoms in total. The number of aryl methyl sites for hydroxylation is 1. The Morgan fingerprint density at radius 2 is 2.17 bits per heavy atom. The molecule has 0 unspecified atom stereocenters. The van der Waals surface area contributed by atoms with E-state index in [1.807, 2.05) is 12.5 Å². The average molecular weight is 285 g/mol. The Balaban J connectivity index is 1.69. The van der Waals surface area contributed by atoms with Gasteiger partial charge in [-0.2, -0.15) is 0 Å². The highest BCUT2D eigenvalue weighted by molar-refractivity contribution is 6.35. The topological polar surface area (TPSA) is 42.7 Å². The smallest absolute Gasteiger partial charge is 0.144 e. The molecule has 0 aliphatic rings. The van der Waals surface area contributed by atoms with Crippen LogP contribution in [0.4, 0.5) is 5.82 Å². The van der Waals surface area contributed by atoms with E-state index in [1.165, 1.54) is 0 Å². The van der Waals surface area contributed by atoms with Gasteiger partial charge in [0, 0.05) is 31.7 Å². The Morgan fingerprint density at radius 3 is 2.89 bits per heavy atom. The normalized spacial score (nSPS) is 10.6. The molecule has 0 saturated carbocycles. The maximum Gasteiger partial charge on any atom is 0.144 e. The molecular formula is C12H14Cl2N4. The minimum absolute atomic E-state index is 0.547. The van der Waals surface area contributed by atoms with Crippen LogP contribution in [0.5, 0.6) is 0 Å². The van der Waals surface area contributed by atoms with E-state index in [9.17, 15) is 0 Å². The van der Waals surface area contributed by atoms with Crippen molar-refractivity contribution in [2.75, 3.05) is 11.9 Å². The molecular weight excluding hydrogens is 271 g/mol. The highest BCUT2D eigenvalue weighted by atomic mass is 35.5. The van der Waals surface area contributed by atoms with Crippen LogP contribution in [0.3, 0.4) is 0 Å². The summed E-state index contributed by atoms with van der Waals surface area (Å²) in [6, 6.07) is 1.68. The van der Waals surface area contributed by atoms with E-state index in [1.54, 1.807) is 18.5 Å². The minimum atomic E-state index is 0.547. The molecule has 2 heterocycles. The number of pyridine rings is 1. The Morgan fingerprint density at radius 1 is 1.28 bits per heavy atom. The molecule has 0 bridgehead atoms. The molecule has 18 heavy (non-hydrogen) atoms. The number of hydrogen-bond acceptors (Lipinski definition) is 3. The van der Waals surface area contributed by atoms with E-state index in [0.717, 1.165) is 25.9 Å². The Kier molecular flexibility index (Phi) is 4.84. The molecule has 2 aromatic heterocycles. The summed E-state index contributed by atoms with van der Waals surface area (Å²) >= 11 is 11.8. The Labute approximate surface area is 116 Å². The molecule has 6 heteroatoms. The van der Waals surface area contributed by atoms with Gasteiger partial charge in [-0.05, 0) is 18.9 Å². The van der Waals surface area contributed by atoms with Crippen molar-refractivity contribution >= 4 is 29.0 Å². The van der Waals surface area contributed by atoms with Crippen LogP contribution in [0.2, 0.25) is 10.0 Å². The highest BCUT2D eigenvalue weighted by Gasteiger charge is 2.01. The summed E-state index contributed by atoms with van der Waals surface area (Å²) in [7, 11) is 0. The van der Waals surface area contributed by atoms with Gasteiger partial charge in [0.2, 0.25) is 0 Å². The molecule has 0 fully saturated rings. The zero-order chi connectivity index (χ0) is 12.8. The summed E-state index contributed by atoms with van der Waals surface area (Å²) in [5.41, 5.74) is 0. The van der Waals surface area contributed by atoms with Crippen molar-refractivity contribution in [3.05, 3.63) is 41.0 Å². The van der Waals surface area contributed by atoms with Crippen LogP contribution < -0.4 is 5.32 Å². The third-order valence-electron chi connectivity index (χ3n) is 2.50. The lowest BCUT2D eigenvalue weighted by atomic mass is 10.3. The minimum Gasteiger partial charge on any atom is -0.369 e. The first-order valence-electron chi connectivity index (χ1n) is 5.76. The third kappa shape index (κ3) is 3.89. The second-order valence-electron chi connectivity index (χ2n) is 3.92. The zero-order valence-corrected chi connectivity index (χ0v) is 11.3. The predicted octanol–water partition coefficient (Wildman–Crippen LogP) is 3.48. The molecule has 0 amide bonds. The molecule has 0 atom stereocenters. The van der Waals surface area contributed by atoms with E-state index in [0.29, 0.717) is 15.9 Å². The lowest BCUT2D eigenvalue weighted by Gasteiger charge is -2.07. The number of imidazole rings is 1. The molecule has 0 saturated heterocycles. The monoisotopic (exact) mass is 284 g/mol. The number of hydrogen-bond donors (Lipinski definition) is 1. The first kappa shape index (κ1) is 13.2. The fourth-order valence-corrected chi connectivity index (χ4v) is 2.04. The number of unbranched alkanes of at least 4 members (excludes halogenated alkanes) is 1. The average Bonchev–Trinajstić information content (AvgIpc) is 2.84. The van der Waals surface area contributed by atoms with Crippen molar-refractivity contribution in [3.63, 3.8) is 0 Å². The van der Waals surface area contributed by atoms with Crippen LogP contribution in [-0.2, 0) is 6.54 Å². The van der Waals surface area contributed by atoms with E-state index < -0.39 is 0 Å². The van der Waals surface area contributed by atoms with E-state index in [4.69, 9.17) is 23.2 Å². The van der Waals surface area contributed by atoms with Gasteiger partial charge in [0.25, 0.3) is 0 Å². The molecule has 0 spiro atoms.